The van der Waals surface area contributed by atoms with E-state index in [9.17, 15) is 0 Å². The fourth-order valence-corrected chi connectivity index (χ4v) is 7.69. The van der Waals surface area contributed by atoms with Crippen molar-refractivity contribution in [2.75, 3.05) is 13.2 Å². The van der Waals surface area contributed by atoms with Gasteiger partial charge in [-0.1, -0.05) is 26.7 Å². The van der Waals surface area contributed by atoms with Gasteiger partial charge in [0.2, 0.25) is 0 Å². The van der Waals surface area contributed by atoms with E-state index >= 15 is 0 Å². The van der Waals surface area contributed by atoms with E-state index in [0.29, 0.717) is 13.2 Å². The molecule has 0 aromatic carbocycles. The van der Waals surface area contributed by atoms with Crippen LogP contribution in [0, 0.1) is 0 Å². The Morgan fingerprint density at radius 3 is 1.88 bits per heavy atom. The Balaban J connectivity index is 4.44. The number of rotatable bonds is 10. The molecule has 97 valence electrons. The molecule has 0 amide bonds. The van der Waals surface area contributed by atoms with E-state index in [1.807, 2.05) is 13.8 Å². The van der Waals surface area contributed by atoms with Gasteiger partial charge >= 0.3 is 8.80 Å². The van der Waals surface area contributed by atoms with Crippen molar-refractivity contribution in [3.63, 3.8) is 0 Å². The molecule has 0 saturated heterocycles. The predicted octanol–water partition coefficient (Wildman–Crippen LogP) is 3.46. The summed E-state index contributed by atoms with van der Waals surface area (Å²) in [4.78, 5) is 0. The second kappa shape index (κ2) is 9.35. The normalized spacial score (nSPS) is 12.4. The van der Waals surface area contributed by atoms with Crippen molar-refractivity contribution in [1.82, 2.24) is 0 Å². The minimum atomic E-state index is -2.35. The molecule has 1 radical (unpaired) electrons. The summed E-state index contributed by atoms with van der Waals surface area (Å²) >= 11 is 0. The van der Waals surface area contributed by atoms with Gasteiger partial charge in [-0.05, 0) is 26.4 Å². The van der Waals surface area contributed by atoms with Crippen LogP contribution in [-0.4, -0.2) is 31.1 Å². The van der Waals surface area contributed by atoms with Gasteiger partial charge in [-0.15, -0.1) is 0 Å². The molecule has 0 bridgehead atoms. The maximum atomic E-state index is 6.20. The molecule has 0 aromatic rings. The van der Waals surface area contributed by atoms with Crippen LogP contribution in [0.1, 0.15) is 40.5 Å². The molecule has 0 N–H and O–H groups in total. The first kappa shape index (κ1) is 16.3. The quantitative estimate of drug-likeness (QED) is 0.565. The van der Waals surface area contributed by atoms with Crippen molar-refractivity contribution in [1.29, 1.82) is 0 Å². The summed E-state index contributed by atoms with van der Waals surface area (Å²) in [5.74, 6) is 0. The number of hydrogen-bond donors (Lipinski definition) is 0. The van der Waals surface area contributed by atoms with Crippen LogP contribution in [0.3, 0.4) is 0 Å². The molecule has 0 aromatic heterocycles. The van der Waals surface area contributed by atoms with Crippen molar-refractivity contribution in [2.45, 2.75) is 59.2 Å². The van der Waals surface area contributed by atoms with E-state index in [1.165, 1.54) is 12.5 Å². The summed E-state index contributed by atoms with van der Waals surface area (Å²) in [6.07, 6.45) is 2.24. The van der Waals surface area contributed by atoms with Crippen molar-refractivity contribution in [3.05, 3.63) is 0 Å². The van der Waals surface area contributed by atoms with Gasteiger partial charge in [0.05, 0.1) is 0 Å². The molecule has 16 heavy (non-hydrogen) atoms. The average molecular weight is 264 g/mol. The lowest BCUT2D eigenvalue weighted by atomic mass is 10.6. The summed E-state index contributed by atoms with van der Waals surface area (Å²) in [6.45, 7) is 12.0. The Kier molecular flexibility index (Phi) is 9.54. The molecule has 0 unspecified atom stereocenters. The summed E-state index contributed by atoms with van der Waals surface area (Å²) in [5, 5.41) is 0. The predicted molar refractivity (Wildman–Crippen MR) is 71.9 cm³/mol. The molecule has 0 aliphatic heterocycles. The van der Waals surface area contributed by atoms with E-state index in [1.54, 1.807) is 0 Å². The van der Waals surface area contributed by atoms with Gasteiger partial charge in [0, 0.05) is 19.3 Å². The van der Waals surface area contributed by atoms with E-state index in [2.05, 4.69) is 20.4 Å². The highest BCUT2D eigenvalue weighted by atomic mass is 28.4. The van der Waals surface area contributed by atoms with E-state index < -0.39 is 17.8 Å². The molecular weight excluding hydrogens is 236 g/mol. The standard InChI is InChI=1S/C11H27O3Si2/c1-6-10-15(5)14-16(11-7-2,12-8-3)13-9-4/h6-11H2,1-5H3. The topological polar surface area (TPSA) is 27.7 Å². The van der Waals surface area contributed by atoms with Crippen LogP contribution >= 0.6 is 0 Å². The highest BCUT2D eigenvalue weighted by Crippen LogP contribution is 2.20. The Morgan fingerprint density at radius 1 is 0.938 bits per heavy atom. The fourth-order valence-electron chi connectivity index (χ4n) is 1.71. The lowest BCUT2D eigenvalue weighted by molar-refractivity contribution is 0.116. The molecule has 0 fully saturated rings. The molecule has 3 nitrogen and oxygen atoms in total. The minimum Gasteiger partial charge on any atom is -0.415 e. The third-order valence-electron chi connectivity index (χ3n) is 2.22. The molecule has 0 spiro atoms. The maximum absolute atomic E-state index is 6.20. The highest BCUT2D eigenvalue weighted by molar-refractivity contribution is 6.70. The third-order valence-corrected chi connectivity index (χ3v) is 8.63. The Hall–Kier alpha value is 0.314. The lowest BCUT2D eigenvalue weighted by Crippen LogP contribution is -2.49. The zero-order valence-electron chi connectivity index (χ0n) is 11.5. The fraction of sp³-hybridized carbons (Fsp3) is 1.00. The van der Waals surface area contributed by atoms with Gasteiger partial charge in [0.1, 0.15) is 0 Å². The van der Waals surface area contributed by atoms with Crippen molar-refractivity contribution >= 4 is 17.8 Å². The smallest absolute Gasteiger partial charge is 0.415 e. The minimum absolute atomic E-state index is 0.688. The first-order valence-electron chi connectivity index (χ1n) is 6.43. The number of hydrogen-bond acceptors (Lipinski definition) is 3. The molecule has 0 aliphatic rings. The zero-order chi connectivity index (χ0) is 12.4. The van der Waals surface area contributed by atoms with Gasteiger partial charge in [0.25, 0.3) is 0 Å². The van der Waals surface area contributed by atoms with Crippen molar-refractivity contribution in [3.8, 4) is 0 Å². The van der Waals surface area contributed by atoms with E-state index in [-0.39, 0.29) is 0 Å². The second-order valence-corrected chi connectivity index (χ2v) is 9.02. The Bertz CT molecular complexity index is 150. The maximum Gasteiger partial charge on any atom is 0.490 e. The van der Waals surface area contributed by atoms with Gasteiger partial charge < -0.3 is 13.0 Å². The molecule has 0 aliphatic carbocycles. The molecule has 0 heterocycles. The summed E-state index contributed by atoms with van der Waals surface area (Å²) in [5.41, 5.74) is 0. The largest absolute Gasteiger partial charge is 0.490 e. The van der Waals surface area contributed by atoms with Crippen LogP contribution in [0.15, 0.2) is 0 Å². The molecule has 0 rings (SSSR count). The second-order valence-electron chi connectivity index (χ2n) is 3.85. The van der Waals surface area contributed by atoms with Gasteiger partial charge in [-0.2, -0.15) is 0 Å². The van der Waals surface area contributed by atoms with Crippen molar-refractivity contribution < 1.29 is 13.0 Å². The summed E-state index contributed by atoms with van der Waals surface area (Å²) in [7, 11) is -3.10. The van der Waals surface area contributed by atoms with Crippen molar-refractivity contribution in [2.24, 2.45) is 0 Å². The molecule has 5 heteroatoms. The van der Waals surface area contributed by atoms with Crippen LogP contribution in [0.25, 0.3) is 0 Å². The van der Waals surface area contributed by atoms with Gasteiger partial charge in [0.15, 0.2) is 9.04 Å². The van der Waals surface area contributed by atoms with E-state index in [0.717, 1.165) is 12.5 Å². The molecule has 0 saturated carbocycles. The van der Waals surface area contributed by atoms with Gasteiger partial charge in [-0.25, -0.2) is 0 Å². The Morgan fingerprint density at radius 2 is 1.50 bits per heavy atom. The van der Waals surface area contributed by atoms with Crippen LogP contribution in [0.2, 0.25) is 18.6 Å². The Labute approximate surface area is 104 Å². The summed E-state index contributed by atoms with van der Waals surface area (Å²) < 4.78 is 17.9. The first-order valence-corrected chi connectivity index (χ1v) is 10.5. The van der Waals surface area contributed by atoms with Crippen LogP contribution in [-0.2, 0) is 13.0 Å². The van der Waals surface area contributed by atoms with Crippen LogP contribution in [0.4, 0.5) is 0 Å². The van der Waals surface area contributed by atoms with Gasteiger partial charge in [-0.3, -0.25) is 0 Å². The molecule has 0 atom stereocenters. The zero-order valence-corrected chi connectivity index (χ0v) is 13.5. The monoisotopic (exact) mass is 263 g/mol. The highest BCUT2D eigenvalue weighted by Gasteiger charge is 2.40. The lowest BCUT2D eigenvalue weighted by Gasteiger charge is -2.31. The SMILES string of the molecule is CCC[Si](C)O[Si](CCC)(OCC)OCC. The summed E-state index contributed by atoms with van der Waals surface area (Å²) in [6, 6.07) is 2.11. The first-order chi connectivity index (χ1) is 7.64. The van der Waals surface area contributed by atoms with E-state index in [4.69, 9.17) is 13.0 Å². The van der Waals surface area contributed by atoms with Crippen LogP contribution < -0.4 is 0 Å². The van der Waals surface area contributed by atoms with Crippen LogP contribution in [0.5, 0.6) is 0 Å². The average Bonchev–Trinajstić information content (AvgIpc) is 2.18. The third kappa shape index (κ3) is 6.15. The molecular formula is C11H27O3Si2.